The zero-order valence-corrected chi connectivity index (χ0v) is 29.3. The van der Waals surface area contributed by atoms with Crippen molar-refractivity contribution in [3.05, 3.63) is 158 Å². The molecule has 10 heteroatoms. The summed E-state index contributed by atoms with van der Waals surface area (Å²) in [7, 11) is 0. The minimum Gasteiger partial charge on any atom is -0.462 e. The molecule has 0 atom stereocenters. The summed E-state index contributed by atoms with van der Waals surface area (Å²) in [6.45, 7) is -0.0475. The summed E-state index contributed by atoms with van der Waals surface area (Å²) in [5, 5.41) is 0.167. The van der Waals surface area contributed by atoms with Crippen LogP contribution in [0.4, 0.5) is 8.78 Å². The maximum absolute atomic E-state index is 13.7. The molecule has 0 saturated heterocycles. The van der Waals surface area contributed by atoms with Crippen LogP contribution in [0.25, 0.3) is 21.3 Å². The number of nitrogens with zero attached hydrogens (tertiary/aromatic N) is 2. The largest absolute Gasteiger partial charge is 0.462 e. The van der Waals surface area contributed by atoms with E-state index in [1.54, 1.807) is 35.0 Å². The highest BCUT2D eigenvalue weighted by molar-refractivity contribution is 7.15. The van der Waals surface area contributed by atoms with E-state index in [4.69, 9.17) is 9.62 Å². The lowest BCUT2D eigenvalue weighted by Crippen LogP contribution is -2.49. The monoisotopic (exact) mass is 718 g/mol. The standard InChI is InChI=1S/C42H36F2N2O5S/c1-2-49-40(48)34-26-46(31-18-19-31)37-33(38(34)47)21-20-32(39(37)50-51-41(43)44)36-24-27-25-45(23-22-35(27)52-36)42(28-12-6-3-7-13-28,29-14-8-4-9-15-29)30-16-10-5-11-17-30/h3-17,20-21,24,26,31,41H,2,18-19,22-23,25H2,1H3. The SMILES string of the molecule is CCOC(=O)c1cn(C2CC2)c2c(OOC(F)F)c(-c3cc4c(s3)CCN(C(c3ccccc3)(c3ccccc3)c3ccccc3)C4)ccc2c1=O. The number of alkyl halides is 2. The number of carbonyl (C=O) groups is 1. The molecule has 3 heterocycles. The molecule has 0 N–H and O–H groups in total. The van der Waals surface area contributed by atoms with Crippen LogP contribution in [0.2, 0.25) is 0 Å². The summed E-state index contributed by atoms with van der Waals surface area (Å²) >= 11 is 1.58. The Hall–Kier alpha value is -5.16. The van der Waals surface area contributed by atoms with Crippen molar-refractivity contribution in [2.45, 2.75) is 50.9 Å². The number of rotatable bonds is 11. The quantitative estimate of drug-likeness (QED) is 0.0576. The number of hydrogen-bond acceptors (Lipinski definition) is 7. The lowest BCUT2D eigenvalue weighted by molar-refractivity contribution is -0.322. The second kappa shape index (κ2) is 14.1. The number of fused-ring (bicyclic) bond motifs is 2. The first-order valence-electron chi connectivity index (χ1n) is 17.4. The fraction of sp³-hybridized carbons (Fsp3) is 0.238. The molecule has 1 aliphatic carbocycles. The molecular formula is C42H36F2N2O5S. The Bertz CT molecular complexity index is 2190. The van der Waals surface area contributed by atoms with Gasteiger partial charge in [-0.1, -0.05) is 91.0 Å². The molecule has 2 aromatic heterocycles. The Labute approximate surface area is 303 Å². The number of halogens is 2. The van der Waals surface area contributed by atoms with Crippen LogP contribution in [-0.2, 0) is 28.1 Å². The van der Waals surface area contributed by atoms with Crippen molar-refractivity contribution in [3.8, 4) is 16.2 Å². The smallest absolute Gasteiger partial charge is 0.381 e. The maximum Gasteiger partial charge on any atom is 0.381 e. The minimum absolute atomic E-state index is 0.0138. The van der Waals surface area contributed by atoms with E-state index >= 15 is 0 Å². The molecule has 1 fully saturated rings. The molecule has 1 aliphatic heterocycles. The number of benzene rings is 4. The van der Waals surface area contributed by atoms with Gasteiger partial charge in [0.15, 0.2) is 5.75 Å². The number of hydrogen-bond donors (Lipinski definition) is 0. The van der Waals surface area contributed by atoms with E-state index in [2.05, 4.69) is 88.7 Å². The van der Waals surface area contributed by atoms with Crippen molar-refractivity contribution in [3.63, 3.8) is 0 Å². The van der Waals surface area contributed by atoms with Crippen molar-refractivity contribution in [2.75, 3.05) is 13.2 Å². The highest BCUT2D eigenvalue weighted by atomic mass is 32.1. The molecule has 0 amide bonds. The Kier molecular flexibility index (Phi) is 9.21. The second-order valence-corrected chi connectivity index (χ2v) is 14.2. The fourth-order valence-electron chi connectivity index (χ4n) is 7.61. The first-order valence-corrected chi connectivity index (χ1v) is 18.3. The van der Waals surface area contributed by atoms with Crippen LogP contribution in [0, 0.1) is 0 Å². The Morgan fingerprint density at radius 2 is 1.52 bits per heavy atom. The third-order valence-corrected chi connectivity index (χ3v) is 11.2. The van der Waals surface area contributed by atoms with Gasteiger partial charge in [0.2, 0.25) is 5.43 Å². The highest BCUT2D eigenvalue weighted by Crippen LogP contribution is 2.48. The molecule has 0 unspecified atom stereocenters. The van der Waals surface area contributed by atoms with Crippen molar-refractivity contribution >= 4 is 28.2 Å². The summed E-state index contributed by atoms with van der Waals surface area (Å²) < 4.78 is 34.0. The molecule has 2 aliphatic rings. The molecule has 264 valence electrons. The van der Waals surface area contributed by atoms with E-state index in [1.165, 1.54) is 11.1 Å². The number of carbonyl (C=O) groups excluding carboxylic acids is 1. The molecule has 1 saturated carbocycles. The lowest BCUT2D eigenvalue weighted by atomic mass is 9.74. The fourth-order valence-corrected chi connectivity index (χ4v) is 8.80. The van der Waals surface area contributed by atoms with Crippen molar-refractivity contribution in [2.24, 2.45) is 0 Å². The number of ether oxygens (including phenoxy) is 1. The van der Waals surface area contributed by atoms with Crippen LogP contribution in [0.15, 0.2) is 120 Å². The average molecular weight is 719 g/mol. The minimum atomic E-state index is -3.21. The topological polar surface area (TPSA) is 70.0 Å². The molecule has 6 aromatic rings. The summed E-state index contributed by atoms with van der Waals surface area (Å²) in [6, 6.07) is 37.1. The molecule has 7 nitrogen and oxygen atoms in total. The van der Waals surface area contributed by atoms with Gasteiger partial charge >= 0.3 is 12.6 Å². The highest BCUT2D eigenvalue weighted by Gasteiger charge is 2.43. The van der Waals surface area contributed by atoms with E-state index in [0.29, 0.717) is 17.6 Å². The number of esters is 1. The number of thiophene rings is 1. The molecule has 0 bridgehead atoms. The van der Waals surface area contributed by atoms with Crippen LogP contribution >= 0.6 is 11.3 Å². The van der Waals surface area contributed by atoms with Gasteiger partial charge in [-0.3, -0.25) is 9.69 Å². The normalized spacial score (nSPS) is 14.8. The predicted molar refractivity (Wildman–Crippen MR) is 197 cm³/mol. The van der Waals surface area contributed by atoms with Gasteiger partial charge in [-0.05, 0) is 66.6 Å². The van der Waals surface area contributed by atoms with Gasteiger partial charge in [-0.2, -0.15) is 8.78 Å². The van der Waals surface area contributed by atoms with Gasteiger partial charge in [-0.25, -0.2) is 4.79 Å². The maximum atomic E-state index is 13.7. The molecule has 52 heavy (non-hydrogen) atoms. The molecule has 8 rings (SSSR count). The summed E-state index contributed by atoms with van der Waals surface area (Å²) in [4.78, 5) is 40.9. The summed E-state index contributed by atoms with van der Waals surface area (Å²) in [5.41, 5.74) is 4.15. The van der Waals surface area contributed by atoms with Gasteiger partial charge in [0.1, 0.15) is 5.56 Å². The van der Waals surface area contributed by atoms with Gasteiger partial charge in [0.05, 0.1) is 23.0 Å². The Balaban J connectivity index is 1.27. The van der Waals surface area contributed by atoms with Crippen molar-refractivity contribution in [1.29, 1.82) is 0 Å². The van der Waals surface area contributed by atoms with Crippen LogP contribution in [0.5, 0.6) is 5.75 Å². The van der Waals surface area contributed by atoms with Crippen LogP contribution < -0.4 is 10.3 Å². The molecule has 4 aromatic carbocycles. The average Bonchev–Trinajstić information content (AvgIpc) is 3.93. The van der Waals surface area contributed by atoms with E-state index in [0.717, 1.165) is 52.9 Å². The molecule has 0 spiro atoms. The molecule has 0 radical (unpaired) electrons. The summed E-state index contributed by atoms with van der Waals surface area (Å²) in [5.74, 6) is -0.716. The van der Waals surface area contributed by atoms with Crippen molar-refractivity contribution < 1.29 is 28.1 Å². The van der Waals surface area contributed by atoms with E-state index in [1.807, 2.05) is 18.2 Å². The van der Waals surface area contributed by atoms with E-state index in [9.17, 15) is 18.4 Å². The second-order valence-electron chi connectivity index (χ2n) is 13.0. The Morgan fingerprint density at radius 3 is 2.08 bits per heavy atom. The van der Waals surface area contributed by atoms with E-state index in [-0.39, 0.29) is 29.3 Å². The van der Waals surface area contributed by atoms with Crippen molar-refractivity contribution in [1.82, 2.24) is 9.47 Å². The zero-order valence-electron chi connectivity index (χ0n) is 28.5. The number of aromatic nitrogens is 1. The van der Waals surface area contributed by atoms with Gasteiger partial charge < -0.3 is 14.2 Å². The van der Waals surface area contributed by atoms with E-state index < -0.39 is 23.5 Å². The number of pyridine rings is 1. The Morgan fingerprint density at radius 1 is 0.904 bits per heavy atom. The van der Waals surface area contributed by atoms with Crippen LogP contribution in [0.3, 0.4) is 0 Å². The predicted octanol–water partition coefficient (Wildman–Crippen LogP) is 9.12. The molecular weight excluding hydrogens is 683 g/mol. The van der Waals surface area contributed by atoms with Gasteiger partial charge in [-0.15, -0.1) is 16.2 Å². The first kappa shape index (κ1) is 34.0. The van der Waals surface area contributed by atoms with Gasteiger partial charge in [0.25, 0.3) is 0 Å². The zero-order chi connectivity index (χ0) is 35.8. The van der Waals surface area contributed by atoms with Crippen LogP contribution in [0.1, 0.15) is 63.3 Å². The lowest BCUT2D eigenvalue weighted by Gasteiger charge is -2.47. The van der Waals surface area contributed by atoms with Gasteiger partial charge in [0, 0.05) is 40.6 Å². The summed E-state index contributed by atoms with van der Waals surface area (Å²) in [6.07, 6.45) is 3.83. The third-order valence-electron chi connectivity index (χ3n) is 9.97. The first-order chi connectivity index (χ1) is 25.4. The van der Waals surface area contributed by atoms with Crippen LogP contribution in [-0.4, -0.2) is 35.2 Å². The third kappa shape index (κ3) is 6.00.